The van der Waals surface area contributed by atoms with E-state index in [2.05, 4.69) is 44.2 Å². The summed E-state index contributed by atoms with van der Waals surface area (Å²) in [7, 11) is 0. The minimum Gasteiger partial charge on any atom is -0.481 e. The van der Waals surface area contributed by atoms with Crippen molar-refractivity contribution in [2.24, 2.45) is 28.1 Å². The van der Waals surface area contributed by atoms with Gasteiger partial charge in [0.1, 0.15) is 12.1 Å². The highest BCUT2D eigenvalue weighted by molar-refractivity contribution is 7.80. The molecule has 0 aliphatic heterocycles. The van der Waals surface area contributed by atoms with Gasteiger partial charge >= 0.3 is 5.97 Å². The topological polar surface area (TPSA) is 290 Å². The Morgan fingerprint density at radius 2 is 1.48 bits per heavy atom. The van der Waals surface area contributed by atoms with Crippen LogP contribution < -0.4 is 43.8 Å². The number of thiol groups is 1. The molecule has 50 heavy (non-hydrogen) atoms. The number of nitrogens with two attached hydrogens (primary N) is 3. The second kappa shape index (κ2) is 23.6. The summed E-state index contributed by atoms with van der Waals surface area (Å²) in [4.78, 5) is 91.2. The molecular formula is C32H51N9O8S. The van der Waals surface area contributed by atoms with E-state index in [1.54, 1.807) is 37.3 Å². The summed E-state index contributed by atoms with van der Waals surface area (Å²) in [6, 6.07) is 4.59. The Bertz CT molecular complexity index is 1330. The van der Waals surface area contributed by atoms with Crippen molar-refractivity contribution in [2.75, 3.05) is 25.4 Å². The van der Waals surface area contributed by atoms with E-state index in [-0.39, 0.29) is 42.8 Å². The molecule has 1 aromatic rings. The number of guanidine groups is 1. The molecule has 0 radical (unpaired) electrons. The third kappa shape index (κ3) is 18.2. The molecule has 0 fully saturated rings. The molecule has 278 valence electrons. The molecule has 0 saturated carbocycles. The number of carbonyl (C=O) groups excluding carboxylic acids is 6. The van der Waals surface area contributed by atoms with E-state index in [0.29, 0.717) is 32.2 Å². The van der Waals surface area contributed by atoms with Crippen LogP contribution >= 0.6 is 12.6 Å². The van der Waals surface area contributed by atoms with E-state index in [0.717, 1.165) is 5.56 Å². The van der Waals surface area contributed by atoms with Crippen LogP contribution in [0.1, 0.15) is 57.9 Å². The predicted molar refractivity (Wildman–Crippen MR) is 190 cm³/mol. The van der Waals surface area contributed by atoms with Gasteiger partial charge in [0, 0.05) is 24.8 Å². The molecule has 5 atom stereocenters. The number of carboxylic acids is 1. The highest BCUT2D eigenvalue weighted by atomic mass is 32.1. The summed E-state index contributed by atoms with van der Waals surface area (Å²) in [6.07, 6.45) is 1.49. The first kappa shape index (κ1) is 43.3. The largest absolute Gasteiger partial charge is 0.481 e. The van der Waals surface area contributed by atoms with Gasteiger partial charge in [-0.1, -0.05) is 43.7 Å². The van der Waals surface area contributed by atoms with Gasteiger partial charge in [-0.2, -0.15) is 12.6 Å². The molecule has 0 saturated heterocycles. The molecule has 1 rings (SSSR count). The van der Waals surface area contributed by atoms with Gasteiger partial charge in [-0.15, -0.1) is 0 Å². The summed E-state index contributed by atoms with van der Waals surface area (Å²) >= 11 is 3.99. The zero-order valence-corrected chi connectivity index (χ0v) is 29.4. The minimum atomic E-state index is -1.54. The van der Waals surface area contributed by atoms with Crippen LogP contribution in [-0.4, -0.2) is 102 Å². The zero-order valence-electron chi connectivity index (χ0n) is 28.5. The molecule has 0 aliphatic carbocycles. The minimum absolute atomic E-state index is 0.123. The maximum absolute atomic E-state index is 13.1. The molecule has 5 amide bonds. The number of hydrogen-bond acceptors (Lipinski definition) is 10. The van der Waals surface area contributed by atoms with Crippen molar-refractivity contribution in [1.29, 1.82) is 0 Å². The number of aliphatic carboxylic acids is 1. The van der Waals surface area contributed by atoms with E-state index in [1.165, 1.54) is 6.92 Å². The van der Waals surface area contributed by atoms with Crippen molar-refractivity contribution >= 4 is 59.9 Å². The van der Waals surface area contributed by atoms with Crippen molar-refractivity contribution in [1.82, 2.24) is 26.6 Å². The van der Waals surface area contributed by atoms with Crippen molar-refractivity contribution in [3.63, 3.8) is 0 Å². The molecule has 17 nitrogen and oxygen atoms in total. The Labute approximate surface area is 297 Å². The molecule has 0 aromatic heterocycles. The molecule has 0 bridgehead atoms. The molecule has 1 aromatic carbocycles. The normalized spacial score (nSPS) is 13.7. The van der Waals surface area contributed by atoms with Crippen LogP contribution in [0.2, 0.25) is 0 Å². The summed E-state index contributed by atoms with van der Waals surface area (Å²) in [6.45, 7) is 2.90. The number of amides is 5. The molecule has 0 heterocycles. The Morgan fingerprint density at radius 1 is 0.820 bits per heavy atom. The number of rotatable bonds is 24. The molecule has 0 aliphatic rings. The van der Waals surface area contributed by atoms with Crippen molar-refractivity contribution in [3.05, 3.63) is 35.9 Å². The van der Waals surface area contributed by atoms with E-state index < -0.39 is 72.6 Å². The van der Waals surface area contributed by atoms with Gasteiger partial charge in [-0.25, -0.2) is 0 Å². The number of carboxylic acid groups (broad SMARTS) is 1. The van der Waals surface area contributed by atoms with Gasteiger partial charge in [0.05, 0.1) is 25.0 Å². The number of aliphatic imine (C=N–C) groups is 1. The van der Waals surface area contributed by atoms with Gasteiger partial charge in [0.25, 0.3) is 0 Å². The van der Waals surface area contributed by atoms with Gasteiger partial charge in [0.2, 0.25) is 29.5 Å². The quantitative estimate of drug-likeness (QED) is 0.0243. The first-order chi connectivity index (χ1) is 23.6. The summed E-state index contributed by atoms with van der Waals surface area (Å²) < 4.78 is 0. The number of nitrogens with zero attached hydrogens (tertiary/aromatic N) is 1. The van der Waals surface area contributed by atoms with E-state index >= 15 is 0 Å². The fourth-order valence-corrected chi connectivity index (χ4v) is 4.72. The predicted octanol–water partition coefficient (Wildman–Crippen LogP) is -1.90. The lowest BCUT2D eigenvalue weighted by Gasteiger charge is -2.22. The lowest BCUT2D eigenvalue weighted by Crippen LogP contribution is -2.55. The number of unbranched alkanes of at least 4 members (excludes halogenated alkanes) is 1. The fourth-order valence-electron chi connectivity index (χ4n) is 4.56. The number of benzene rings is 1. The Hall–Kier alpha value is -4.71. The number of nitrogens with one attached hydrogen (secondary N) is 5. The van der Waals surface area contributed by atoms with Crippen LogP contribution in [0.3, 0.4) is 0 Å². The van der Waals surface area contributed by atoms with Crippen molar-refractivity contribution < 1.29 is 38.7 Å². The Kier molecular flexibility index (Phi) is 20.5. The van der Waals surface area contributed by atoms with Gasteiger partial charge in [-0.05, 0) is 44.6 Å². The van der Waals surface area contributed by atoms with Gasteiger partial charge in [-0.3, -0.25) is 38.6 Å². The second-order valence-corrected chi connectivity index (χ2v) is 12.1. The third-order valence-electron chi connectivity index (χ3n) is 7.47. The highest BCUT2D eigenvalue weighted by Crippen LogP contribution is 2.10. The summed E-state index contributed by atoms with van der Waals surface area (Å²) in [5.74, 6) is -5.33. The average Bonchev–Trinajstić information content (AvgIpc) is 3.06. The van der Waals surface area contributed by atoms with Crippen LogP contribution in [0.4, 0.5) is 0 Å². The smallest absolute Gasteiger partial charge is 0.305 e. The third-order valence-corrected chi connectivity index (χ3v) is 7.86. The molecular weight excluding hydrogens is 670 g/mol. The summed E-state index contributed by atoms with van der Waals surface area (Å²) in [5.41, 5.74) is 17.1. The fraction of sp³-hybridized carbons (Fsp3) is 0.562. The number of carbonyl (C=O) groups is 7. The maximum Gasteiger partial charge on any atom is 0.305 e. The van der Waals surface area contributed by atoms with Crippen LogP contribution in [0.5, 0.6) is 0 Å². The number of hydrogen-bond donors (Lipinski definition) is 10. The monoisotopic (exact) mass is 721 g/mol. The standard InChI is InChI=1S/C32H51N9O8S/c1-19(9-6-7-13-36-29(47)22(33)18-50)28(46)40-23(12-8-14-37-32(34)35)30(48)38-17-26(43)39-25(16-27(44)45)31(49)41-24(20(2)42)15-21-10-4-3-5-11-21/h3-5,10-11,19,22-25,50H,6-9,12-18,33H2,1-2H3,(H,36,47)(H,38,48)(H,39,43)(H,40,46)(H,41,49)(H,44,45)(H4,34,35,37)/t19-,22-,23+,24-,25+/m1/s1. The Morgan fingerprint density at radius 3 is 2.08 bits per heavy atom. The number of ketones is 1. The first-order valence-corrected chi connectivity index (χ1v) is 16.9. The second-order valence-electron chi connectivity index (χ2n) is 11.8. The van der Waals surface area contributed by atoms with Gasteiger partial charge < -0.3 is 48.9 Å². The van der Waals surface area contributed by atoms with Crippen LogP contribution in [0, 0.1) is 5.92 Å². The van der Waals surface area contributed by atoms with Crippen LogP contribution in [-0.2, 0) is 40.0 Å². The van der Waals surface area contributed by atoms with Crippen molar-refractivity contribution in [3.8, 4) is 0 Å². The molecule has 12 N–H and O–H groups in total. The zero-order chi connectivity index (χ0) is 37.6. The lowest BCUT2D eigenvalue weighted by molar-refractivity contribution is -0.141. The number of Topliss-reactive ketones (excluding diaryl/α,β-unsaturated/α-hetero) is 1. The Balaban J connectivity index is 2.81. The molecule has 0 spiro atoms. The van der Waals surface area contributed by atoms with Crippen LogP contribution in [0.15, 0.2) is 35.3 Å². The van der Waals surface area contributed by atoms with Crippen molar-refractivity contribution in [2.45, 2.75) is 83.0 Å². The maximum atomic E-state index is 13.1. The van der Waals surface area contributed by atoms with E-state index in [1.807, 2.05) is 0 Å². The first-order valence-electron chi connectivity index (χ1n) is 16.3. The average molecular weight is 722 g/mol. The lowest BCUT2D eigenvalue weighted by atomic mass is 10.0. The molecule has 0 unspecified atom stereocenters. The van der Waals surface area contributed by atoms with Crippen LogP contribution in [0.25, 0.3) is 0 Å². The van der Waals surface area contributed by atoms with Gasteiger partial charge in [0.15, 0.2) is 11.7 Å². The van der Waals surface area contributed by atoms with E-state index in [4.69, 9.17) is 17.2 Å². The molecule has 18 heteroatoms. The summed E-state index contributed by atoms with van der Waals surface area (Å²) in [5, 5.41) is 22.0. The van der Waals surface area contributed by atoms with E-state index in [9.17, 15) is 38.7 Å². The highest BCUT2D eigenvalue weighted by Gasteiger charge is 2.28. The SMILES string of the molecule is CC(=O)[C@@H](Cc1ccccc1)NC(=O)[C@H](CC(=O)O)NC(=O)CNC(=O)[C@H](CCCN=C(N)N)NC(=O)[C@H](C)CCCCNC(=O)[C@H](N)CS.